The second kappa shape index (κ2) is 5.89. The highest BCUT2D eigenvalue weighted by atomic mass is 32.2. The minimum Gasteiger partial charge on any atom is -0.368 e. The Kier molecular flexibility index (Phi) is 3.81. The van der Waals surface area contributed by atoms with Crippen molar-refractivity contribution in [3.63, 3.8) is 0 Å². The lowest BCUT2D eigenvalue weighted by Crippen LogP contribution is -2.30. The van der Waals surface area contributed by atoms with E-state index in [1.807, 2.05) is 0 Å². The largest absolute Gasteiger partial charge is 0.368 e. The first-order valence-electron chi connectivity index (χ1n) is 7.94. The van der Waals surface area contributed by atoms with E-state index >= 15 is 0 Å². The molecule has 2 aliphatic heterocycles. The Hall–Kier alpha value is -2.31. The molecule has 128 valence electrons. The van der Waals surface area contributed by atoms with E-state index in [4.69, 9.17) is 4.74 Å². The van der Waals surface area contributed by atoms with Crippen LogP contribution >= 0.6 is 0 Å². The number of sulfonamides is 1. The summed E-state index contributed by atoms with van der Waals surface area (Å²) in [7, 11) is -3.69. The van der Waals surface area contributed by atoms with Crippen molar-refractivity contribution in [2.45, 2.75) is 17.4 Å². The van der Waals surface area contributed by atoms with Crippen molar-refractivity contribution in [1.82, 2.24) is 0 Å². The standard InChI is InChI=1S/C19H16FNO3S/c1-12-10-16(19(24-11-12)13-6-8-14(20)9-7-13)18-15-4-2-3-5-17(15)25(22,23)21-18/h2-9,16,19H,1,10-11H2/t16-,19-/m1/s1. The SMILES string of the molecule is C=C1CO[C@H](c2ccc(F)cc2)[C@@H](C2=NS(=O)(=O)c3ccccc32)C1. The molecule has 2 aromatic carbocycles. The summed E-state index contributed by atoms with van der Waals surface area (Å²) >= 11 is 0. The van der Waals surface area contributed by atoms with Gasteiger partial charge in [-0.2, -0.15) is 12.8 Å². The van der Waals surface area contributed by atoms with E-state index in [-0.39, 0.29) is 16.6 Å². The summed E-state index contributed by atoms with van der Waals surface area (Å²) in [5, 5.41) is 0. The van der Waals surface area contributed by atoms with Crippen LogP contribution in [0.5, 0.6) is 0 Å². The molecule has 6 heteroatoms. The van der Waals surface area contributed by atoms with Crippen LogP contribution in [0, 0.1) is 11.7 Å². The van der Waals surface area contributed by atoms with E-state index in [1.165, 1.54) is 12.1 Å². The van der Waals surface area contributed by atoms with Gasteiger partial charge in [0.1, 0.15) is 5.82 Å². The first-order valence-corrected chi connectivity index (χ1v) is 9.38. The fourth-order valence-corrected chi connectivity index (χ4v) is 4.71. The molecule has 0 aromatic heterocycles. The quantitative estimate of drug-likeness (QED) is 0.771. The molecule has 0 saturated carbocycles. The normalized spacial score (nSPS) is 24.7. The Morgan fingerprint density at radius 3 is 2.60 bits per heavy atom. The van der Waals surface area contributed by atoms with E-state index in [0.717, 1.165) is 11.1 Å². The Balaban J connectivity index is 1.81. The number of benzene rings is 2. The summed E-state index contributed by atoms with van der Waals surface area (Å²) in [6, 6.07) is 12.9. The summed E-state index contributed by atoms with van der Waals surface area (Å²) in [4.78, 5) is 0.221. The van der Waals surface area contributed by atoms with Crippen LogP contribution in [0.1, 0.15) is 23.7 Å². The van der Waals surface area contributed by atoms with Gasteiger partial charge in [-0.3, -0.25) is 0 Å². The number of nitrogens with zero attached hydrogens (tertiary/aromatic N) is 1. The van der Waals surface area contributed by atoms with Crippen molar-refractivity contribution in [2.75, 3.05) is 6.61 Å². The van der Waals surface area contributed by atoms with Crippen LogP contribution in [0.15, 0.2) is 70.0 Å². The second-order valence-electron chi connectivity index (χ2n) is 6.29. The summed E-state index contributed by atoms with van der Waals surface area (Å²) < 4.78 is 48.0. The number of rotatable bonds is 2. The predicted octanol–water partition coefficient (Wildman–Crippen LogP) is 3.65. The molecule has 0 aliphatic carbocycles. The Morgan fingerprint density at radius 1 is 1.12 bits per heavy atom. The van der Waals surface area contributed by atoms with Crippen molar-refractivity contribution in [3.05, 3.63) is 77.6 Å². The molecule has 0 bridgehead atoms. The number of hydrogen-bond donors (Lipinski definition) is 0. The van der Waals surface area contributed by atoms with Gasteiger partial charge in [0.25, 0.3) is 10.0 Å². The van der Waals surface area contributed by atoms with Gasteiger partial charge >= 0.3 is 0 Å². The van der Waals surface area contributed by atoms with E-state index in [1.54, 1.807) is 36.4 Å². The van der Waals surface area contributed by atoms with Crippen molar-refractivity contribution in [1.29, 1.82) is 0 Å². The number of fused-ring (bicyclic) bond motifs is 1. The van der Waals surface area contributed by atoms with Crippen molar-refractivity contribution in [2.24, 2.45) is 10.3 Å². The van der Waals surface area contributed by atoms with Gasteiger partial charge in [-0.05, 0) is 30.2 Å². The van der Waals surface area contributed by atoms with Gasteiger partial charge < -0.3 is 4.74 Å². The summed E-state index contributed by atoms with van der Waals surface area (Å²) in [6.07, 6.45) is 0.177. The minimum absolute atomic E-state index is 0.221. The van der Waals surface area contributed by atoms with Gasteiger partial charge in [0.2, 0.25) is 0 Å². The molecule has 0 unspecified atom stereocenters. The third kappa shape index (κ3) is 2.81. The van der Waals surface area contributed by atoms with Crippen molar-refractivity contribution in [3.8, 4) is 0 Å². The number of ether oxygens (including phenoxy) is 1. The van der Waals surface area contributed by atoms with Crippen LogP contribution < -0.4 is 0 Å². The molecule has 4 nitrogen and oxygen atoms in total. The van der Waals surface area contributed by atoms with E-state index in [9.17, 15) is 12.8 Å². The molecule has 2 aliphatic rings. The molecular formula is C19H16FNO3S. The smallest absolute Gasteiger partial charge is 0.283 e. The van der Waals surface area contributed by atoms with Crippen LogP contribution in [0.4, 0.5) is 4.39 Å². The molecule has 1 fully saturated rings. The molecular weight excluding hydrogens is 341 g/mol. The zero-order valence-electron chi connectivity index (χ0n) is 13.4. The lowest BCUT2D eigenvalue weighted by Gasteiger charge is -2.33. The highest BCUT2D eigenvalue weighted by Crippen LogP contribution is 2.41. The highest BCUT2D eigenvalue weighted by molar-refractivity contribution is 7.90. The zero-order valence-corrected chi connectivity index (χ0v) is 14.2. The third-order valence-electron chi connectivity index (χ3n) is 4.55. The molecule has 2 atom stereocenters. The molecule has 0 N–H and O–H groups in total. The lowest BCUT2D eigenvalue weighted by molar-refractivity contribution is 0.0209. The molecule has 2 aromatic rings. The van der Waals surface area contributed by atoms with Gasteiger partial charge in [-0.25, -0.2) is 4.39 Å². The number of halogens is 1. The van der Waals surface area contributed by atoms with Crippen molar-refractivity contribution >= 4 is 15.7 Å². The average molecular weight is 357 g/mol. The Morgan fingerprint density at radius 2 is 1.84 bits per heavy atom. The van der Waals surface area contributed by atoms with Crippen molar-refractivity contribution < 1.29 is 17.5 Å². The van der Waals surface area contributed by atoms with Gasteiger partial charge in [-0.1, -0.05) is 42.5 Å². The number of hydrogen-bond acceptors (Lipinski definition) is 3. The predicted molar refractivity (Wildman–Crippen MR) is 92.5 cm³/mol. The first kappa shape index (κ1) is 16.2. The Labute approximate surface area is 145 Å². The third-order valence-corrected chi connectivity index (χ3v) is 5.90. The van der Waals surface area contributed by atoms with Gasteiger partial charge in [0.05, 0.1) is 23.3 Å². The minimum atomic E-state index is -3.69. The van der Waals surface area contributed by atoms with Crippen LogP contribution in [0.25, 0.3) is 0 Å². The molecule has 4 rings (SSSR count). The van der Waals surface area contributed by atoms with Gasteiger partial charge in [0.15, 0.2) is 0 Å². The summed E-state index contributed by atoms with van der Waals surface area (Å²) in [5.74, 6) is -0.614. The highest BCUT2D eigenvalue weighted by Gasteiger charge is 2.39. The molecule has 2 heterocycles. The maximum absolute atomic E-state index is 13.3. The maximum atomic E-state index is 13.3. The zero-order chi connectivity index (χ0) is 17.6. The molecule has 0 amide bonds. The van der Waals surface area contributed by atoms with Crippen LogP contribution in [0.2, 0.25) is 0 Å². The first-order chi connectivity index (χ1) is 12.0. The maximum Gasteiger partial charge on any atom is 0.283 e. The lowest BCUT2D eigenvalue weighted by atomic mass is 9.82. The molecule has 0 spiro atoms. The van der Waals surface area contributed by atoms with Gasteiger partial charge in [-0.15, -0.1) is 0 Å². The molecule has 1 saturated heterocycles. The average Bonchev–Trinajstić information content (AvgIpc) is 2.88. The van der Waals surface area contributed by atoms with E-state index < -0.39 is 16.1 Å². The topological polar surface area (TPSA) is 55.7 Å². The monoisotopic (exact) mass is 357 g/mol. The van der Waals surface area contributed by atoms with Gasteiger partial charge in [0, 0.05) is 11.5 Å². The fraction of sp³-hybridized carbons (Fsp3) is 0.211. The van der Waals surface area contributed by atoms with E-state index in [2.05, 4.69) is 11.0 Å². The summed E-state index contributed by atoms with van der Waals surface area (Å²) in [5.41, 5.74) is 2.78. The fourth-order valence-electron chi connectivity index (χ4n) is 3.42. The second-order valence-corrected chi connectivity index (χ2v) is 7.86. The van der Waals surface area contributed by atoms with Crippen LogP contribution in [-0.4, -0.2) is 20.7 Å². The Bertz CT molecular complexity index is 980. The summed E-state index contributed by atoms with van der Waals surface area (Å²) in [6.45, 7) is 4.37. The molecule has 0 radical (unpaired) electrons. The van der Waals surface area contributed by atoms with E-state index in [0.29, 0.717) is 24.3 Å². The van der Waals surface area contributed by atoms with Crippen LogP contribution in [-0.2, 0) is 14.8 Å². The molecule has 25 heavy (non-hydrogen) atoms. The van der Waals surface area contributed by atoms with Crippen LogP contribution in [0.3, 0.4) is 0 Å².